The van der Waals surface area contributed by atoms with E-state index in [1.54, 1.807) is 25.1 Å². The maximum Gasteiger partial charge on any atom is 0.142 e. The van der Waals surface area contributed by atoms with Gasteiger partial charge in [0, 0.05) is 5.39 Å². The van der Waals surface area contributed by atoms with E-state index in [4.69, 9.17) is 11.6 Å². The summed E-state index contributed by atoms with van der Waals surface area (Å²) in [6.07, 6.45) is 1.25. The van der Waals surface area contributed by atoms with E-state index >= 15 is 0 Å². The third-order valence-electron chi connectivity index (χ3n) is 2.19. The molecule has 17 heavy (non-hydrogen) atoms. The van der Waals surface area contributed by atoms with Crippen LogP contribution in [0.2, 0.25) is 5.02 Å². The number of aryl methyl sites for hydroxylation is 1. The van der Waals surface area contributed by atoms with E-state index in [2.05, 4.69) is 13.8 Å². The SMILES string of the molecule is CCC.Cc1cc(O)cc2ccc(F)c(Cl)c12. The molecule has 0 aliphatic rings. The highest BCUT2D eigenvalue weighted by atomic mass is 35.5. The molecule has 0 heterocycles. The van der Waals surface area contributed by atoms with Crippen LogP contribution in [0.4, 0.5) is 4.39 Å². The average Bonchev–Trinajstić information content (AvgIpc) is 2.24. The molecule has 2 aromatic rings. The molecule has 0 saturated heterocycles. The summed E-state index contributed by atoms with van der Waals surface area (Å²) in [5, 5.41) is 10.8. The summed E-state index contributed by atoms with van der Waals surface area (Å²) in [6, 6.07) is 6.02. The lowest BCUT2D eigenvalue weighted by Gasteiger charge is -2.05. The third kappa shape index (κ3) is 3.10. The van der Waals surface area contributed by atoms with Crippen molar-refractivity contribution < 1.29 is 9.50 Å². The summed E-state index contributed by atoms with van der Waals surface area (Å²) in [6.45, 7) is 6.04. The maximum atomic E-state index is 13.1. The van der Waals surface area contributed by atoms with Gasteiger partial charge in [0.1, 0.15) is 11.6 Å². The molecule has 0 atom stereocenters. The maximum absolute atomic E-state index is 13.1. The molecular weight excluding hydrogens is 239 g/mol. The molecule has 0 aromatic heterocycles. The van der Waals surface area contributed by atoms with E-state index in [0.717, 1.165) is 10.9 Å². The van der Waals surface area contributed by atoms with Crippen LogP contribution < -0.4 is 0 Å². The van der Waals surface area contributed by atoms with Crippen molar-refractivity contribution in [1.29, 1.82) is 0 Å². The van der Waals surface area contributed by atoms with Gasteiger partial charge in [-0.15, -0.1) is 0 Å². The van der Waals surface area contributed by atoms with Gasteiger partial charge in [0.25, 0.3) is 0 Å². The van der Waals surface area contributed by atoms with Gasteiger partial charge in [-0.3, -0.25) is 0 Å². The number of benzene rings is 2. The van der Waals surface area contributed by atoms with Crippen LogP contribution in [0.5, 0.6) is 5.75 Å². The molecule has 0 saturated carbocycles. The zero-order valence-electron chi connectivity index (χ0n) is 10.2. The van der Waals surface area contributed by atoms with Gasteiger partial charge in [0.05, 0.1) is 5.02 Å². The Balaban J connectivity index is 0.000000437. The Bertz CT molecular complexity index is 523. The topological polar surface area (TPSA) is 20.2 Å². The second-order valence-corrected chi connectivity index (χ2v) is 4.31. The molecule has 1 N–H and O–H groups in total. The first kappa shape index (κ1) is 13.8. The Morgan fingerprint density at radius 1 is 1.24 bits per heavy atom. The molecule has 0 amide bonds. The highest BCUT2D eigenvalue weighted by Crippen LogP contribution is 2.31. The molecule has 0 aliphatic carbocycles. The highest BCUT2D eigenvalue weighted by molar-refractivity contribution is 6.36. The van der Waals surface area contributed by atoms with Crippen LogP contribution in [-0.4, -0.2) is 5.11 Å². The normalized spacial score (nSPS) is 9.94. The van der Waals surface area contributed by atoms with Crippen LogP contribution in [0.25, 0.3) is 10.8 Å². The summed E-state index contributed by atoms with van der Waals surface area (Å²) in [7, 11) is 0. The minimum absolute atomic E-state index is 0.111. The molecule has 3 heteroatoms. The Hall–Kier alpha value is -1.28. The van der Waals surface area contributed by atoms with Gasteiger partial charge in [0.2, 0.25) is 0 Å². The van der Waals surface area contributed by atoms with Crippen molar-refractivity contribution in [3.63, 3.8) is 0 Å². The van der Waals surface area contributed by atoms with Crippen molar-refractivity contribution in [3.8, 4) is 5.75 Å². The molecule has 0 aliphatic heterocycles. The lowest BCUT2D eigenvalue weighted by molar-refractivity contribution is 0.476. The number of fused-ring (bicyclic) bond motifs is 1. The fraction of sp³-hybridized carbons (Fsp3) is 0.286. The predicted molar refractivity (Wildman–Crippen MR) is 71.3 cm³/mol. The average molecular weight is 255 g/mol. The molecule has 92 valence electrons. The summed E-state index contributed by atoms with van der Waals surface area (Å²) >= 11 is 5.83. The summed E-state index contributed by atoms with van der Waals surface area (Å²) in [5.41, 5.74) is 0.768. The van der Waals surface area contributed by atoms with Crippen LogP contribution in [-0.2, 0) is 0 Å². The molecule has 2 aromatic carbocycles. The largest absolute Gasteiger partial charge is 0.508 e. The molecule has 2 rings (SSSR count). The van der Waals surface area contributed by atoms with Crippen LogP contribution >= 0.6 is 11.6 Å². The Kier molecular flexibility index (Phi) is 4.76. The number of hydrogen-bond acceptors (Lipinski definition) is 1. The smallest absolute Gasteiger partial charge is 0.142 e. The van der Waals surface area contributed by atoms with E-state index in [0.29, 0.717) is 5.39 Å². The quantitative estimate of drug-likeness (QED) is 0.696. The minimum Gasteiger partial charge on any atom is -0.508 e. The lowest BCUT2D eigenvalue weighted by atomic mass is 10.0. The van der Waals surface area contributed by atoms with Crippen LogP contribution in [0.1, 0.15) is 25.8 Å². The molecular formula is C14H16ClFO. The number of phenols is 1. The van der Waals surface area contributed by atoms with Gasteiger partial charge in [-0.25, -0.2) is 4.39 Å². The minimum atomic E-state index is -0.437. The van der Waals surface area contributed by atoms with Crippen molar-refractivity contribution in [3.05, 3.63) is 40.7 Å². The van der Waals surface area contributed by atoms with E-state index in [9.17, 15) is 9.50 Å². The summed E-state index contributed by atoms with van der Waals surface area (Å²) in [4.78, 5) is 0. The number of aromatic hydroxyl groups is 1. The second kappa shape index (κ2) is 5.87. The monoisotopic (exact) mass is 254 g/mol. The molecule has 0 unspecified atom stereocenters. The number of halogens is 2. The van der Waals surface area contributed by atoms with Gasteiger partial charge >= 0.3 is 0 Å². The van der Waals surface area contributed by atoms with E-state index in [1.807, 2.05) is 0 Å². The zero-order valence-corrected chi connectivity index (χ0v) is 11.0. The summed E-state index contributed by atoms with van der Waals surface area (Å²) in [5.74, 6) is -0.273. The molecule has 1 nitrogen and oxygen atoms in total. The van der Waals surface area contributed by atoms with Crippen molar-refractivity contribution >= 4 is 22.4 Å². The molecule has 0 fully saturated rings. The van der Waals surface area contributed by atoms with Gasteiger partial charge in [-0.1, -0.05) is 37.9 Å². The Morgan fingerprint density at radius 3 is 2.41 bits per heavy atom. The number of rotatable bonds is 0. The first-order chi connectivity index (χ1) is 8.01. The molecule has 0 radical (unpaired) electrons. The van der Waals surface area contributed by atoms with Crippen LogP contribution in [0.3, 0.4) is 0 Å². The fourth-order valence-corrected chi connectivity index (χ4v) is 1.90. The Labute approximate surface area is 106 Å². The lowest BCUT2D eigenvalue weighted by Crippen LogP contribution is -1.84. The Morgan fingerprint density at radius 2 is 1.82 bits per heavy atom. The zero-order chi connectivity index (χ0) is 13.0. The van der Waals surface area contributed by atoms with Crippen molar-refractivity contribution in [1.82, 2.24) is 0 Å². The predicted octanol–water partition coefficient (Wildman–Crippen LogP) is 5.06. The van der Waals surface area contributed by atoms with Crippen LogP contribution in [0.15, 0.2) is 24.3 Å². The van der Waals surface area contributed by atoms with Gasteiger partial charge in [-0.2, -0.15) is 0 Å². The van der Waals surface area contributed by atoms with Crippen molar-refractivity contribution in [2.75, 3.05) is 0 Å². The first-order valence-electron chi connectivity index (χ1n) is 5.58. The van der Waals surface area contributed by atoms with E-state index < -0.39 is 5.82 Å². The van der Waals surface area contributed by atoms with Gasteiger partial charge in [0.15, 0.2) is 0 Å². The fourth-order valence-electron chi connectivity index (χ4n) is 1.58. The van der Waals surface area contributed by atoms with Crippen molar-refractivity contribution in [2.45, 2.75) is 27.2 Å². The standard InChI is InChI=1S/C11H8ClFO.C3H8/c1-6-4-8(14)5-7-2-3-9(13)11(12)10(6)7;1-3-2/h2-5,14H,1H3;3H2,1-2H3. The van der Waals surface area contributed by atoms with Crippen LogP contribution in [0, 0.1) is 12.7 Å². The van der Waals surface area contributed by atoms with E-state index in [1.165, 1.54) is 12.5 Å². The molecule has 0 bridgehead atoms. The molecule has 0 spiro atoms. The number of hydrogen-bond donors (Lipinski definition) is 1. The van der Waals surface area contributed by atoms with Gasteiger partial charge < -0.3 is 5.11 Å². The summed E-state index contributed by atoms with van der Waals surface area (Å²) < 4.78 is 13.1. The van der Waals surface area contributed by atoms with E-state index in [-0.39, 0.29) is 10.8 Å². The first-order valence-corrected chi connectivity index (χ1v) is 5.96. The number of phenolic OH excluding ortho intramolecular Hbond substituents is 1. The van der Waals surface area contributed by atoms with Crippen molar-refractivity contribution in [2.24, 2.45) is 0 Å². The van der Waals surface area contributed by atoms with Gasteiger partial charge in [-0.05, 0) is 36.1 Å². The third-order valence-corrected chi connectivity index (χ3v) is 2.56. The highest BCUT2D eigenvalue weighted by Gasteiger charge is 2.08. The second-order valence-electron chi connectivity index (χ2n) is 3.93.